The van der Waals surface area contributed by atoms with Crippen molar-refractivity contribution >= 4 is 22.1 Å². The average Bonchev–Trinajstić information content (AvgIpc) is 2.91. The Kier molecular flexibility index (Phi) is 2.99. The Hall–Kier alpha value is -1.87. The third kappa shape index (κ3) is 2.09. The number of methoxy groups -OCH3 is 1. The molecule has 1 aromatic heterocycles. The zero-order valence-electron chi connectivity index (χ0n) is 10.1. The highest BCUT2D eigenvalue weighted by atomic mass is 32.1. The van der Waals surface area contributed by atoms with Crippen LogP contribution in [0.2, 0.25) is 0 Å². The molecule has 3 heteroatoms. The minimum Gasteiger partial charge on any atom is -0.497 e. The molecular formula is C15H13NOS. The zero-order chi connectivity index (χ0) is 12.4. The van der Waals surface area contributed by atoms with Crippen LogP contribution in [0.1, 0.15) is 10.6 Å². The first-order valence-corrected chi connectivity index (χ1v) is 6.69. The Labute approximate surface area is 110 Å². The number of aromatic nitrogens is 1. The van der Waals surface area contributed by atoms with E-state index < -0.39 is 0 Å². The van der Waals surface area contributed by atoms with Crippen molar-refractivity contribution in [3.8, 4) is 5.75 Å². The maximum atomic E-state index is 5.30. The summed E-state index contributed by atoms with van der Waals surface area (Å²) in [5.74, 6) is 0.897. The van der Waals surface area contributed by atoms with Crippen LogP contribution in [0.3, 0.4) is 0 Å². The molecule has 0 spiro atoms. The smallest absolute Gasteiger partial charge is 0.119 e. The largest absolute Gasteiger partial charge is 0.497 e. The van der Waals surface area contributed by atoms with Crippen LogP contribution in [-0.4, -0.2) is 12.1 Å². The topological polar surface area (TPSA) is 22.1 Å². The molecule has 18 heavy (non-hydrogen) atoms. The lowest BCUT2D eigenvalue weighted by atomic mass is 10.0. The quantitative estimate of drug-likeness (QED) is 0.708. The fourth-order valence-corrected chi connectivity index (χ4v) is 2.74. The van der Waals surface area contributed by atoms with Gasteiger partial charge in [0.25, 0.3) is 0 Å². The first-order valence-electron chi connectivity index (χ1n) is 5.81. The highest BCUT2D eigenvalue weighted by molar-refractivity contribution is 7.09. The molecule has 0 bridgehead atoms. The number of benzene rings is 2. The second-order valence-electron chi connectivity index (χ2n) is 4.11. The Balaban J connectivity index is 2.10. The molecule has 3 aromatic rings. The summed E-state index contributed by atoms with van der Waals surface area (Å²) < 4.78 is 5.30. The summed E-state index contributed by atoms with van der Waals surface area (Å²) in [6, 6.07) is 12.6. The van der Waals surface area contributed by atoms with Gasteiger partial charge in [-0.05, 0) is 28.5 Å². The predicted octanol–water partition coefficient (Wildman–Crippen LogP) is 3.90. The standard InChI is InChI=1S/C15H13NOS/c1-17-13-6-5-11-3-2-4-12(14(11)10-13)9-15-16-7-8-18-15/h2-8,10H,9H2,1H3. The number of fused-ring (bicyclic) bond motifs is 1. The monoisotopic (exact) mass is 255 g/mol. The van der Waals surface area contributed by atoms with Crippen LogP contribution in [0, 0.1) is 0 Å². The second-order valence-corrected chi connectivity index (χ2v) is 5.09. The second kappa shape index (κ2) is 4.78. The van der Waals surface area contributed by atoms with Gasteiger partial charge in [0.2, 0.25) is 0 Å². The van der Waals surface area contributed by atoms with Gasteiger partial charge in [-0.15, -0.1) is 11.3 Å². The lowest BCUT2D eigenvalue weighted by Gasteiger charge is -2.07. The van der Waals surface area contributed by atoms with Crippen molar-refractivity contribution in [2.45, 2.75) is 6.42 Å². The van der Waals surface area contributed by atoms with Crippen LogP contribution < -0.4 is 4.74 Å². The van der Waals surface area contributed by atoms with Crippen LogP contribution >= 0.6 is 11.3 Å². The van der Waals surface area contributed by atoms with Crippen molar-refractivity contribution in [1.82, 2.24) is 4.98 Å². The molecule has 0 fully saturated rings. The zero-order valence-corrected chi connectivity index (χ0v) is 10.9. The van der Waals surface area contributed by atoms with Crippen molar-refractivity contribution in [3.05, 3.63) is 58.5 Å². The third-order valence-electron chi connectivity index (χ3n) is 3.00. The van der Waals surface area contributed by atoms with Crippen LogP contribution in [0.15, 0.2) is 48.0 Å². The molecule has 3 rings (SSSR count). The van der Waals surface area contributed by atoms with E-state index in [0.717, 1.165) is 17.2 Å². The molecule has 2 aromatic carbocycles. The number of hydrogen-bond acceptors (Lipinski definition) is 3. The highest BCUT2D eigenvalue weighted by Gasteiger charge is 2.05. The normalized spacial score (nSPS) is 10.7. The maximum Gasteiger partial charge on any atom is 0.119 e. The summed E-state index contributed by atoms with van der Waals surface area (Å²) in [5.41, 5.74) is 1.29. The Bertz CT molecular complexity index is 661. The van der Waals surface area contributed by atoms with E-state index in [1.54, 1.807) is 18.4 Å². The molecule has 2 nitrogen and oxygen atoms in total. The summed E-state index contributed by atoms with van der Waals surface area (Å²) in [6.07, 6.45) is 2.73. The Morgan fingerprint density at radius 1 is 1.22 bits per heavy atom. The molecular weight excluding hydrogens is 242 g/mol. The van der Waals surface area contributed by atoms with Gasteiger partial charge in [0.15, 0.2) is 0 Å². The summed E-state index contributed by atoms with van der Waals surface area (Å²) in [5, 5.41) is 5.64. The van der Waals surface area contributed by atoms with Gasteiger partial charge in [-0.3, -0.25) is 0 Å². The van der Waals surface area contributed by atoms with E-state index in [1.165, 1.54) is 16.3 Å². The van der Waals surface area contributed by atoms with E-state index in [9.17, 15) is 0 Å². The van der Waals surface area contributed by atoms with Gasteiger partial charge in [-0.2, -0.15) is 0 Å². The van der Waals surface area contributed by atoms with E-state index in [-0.39, 0.29) is 0 Å². The molecule has 0 saturated heterocycles. The van der Waals surface area contributed by atoms with Crippen molar-refractivity contribution in [2.75, 3.05) is 7.11 Å². The van der Waals surface area contributed by atoms with Crippen molar-refractivity contribution in [2.24, 2.45) is 0 Å². The van der Waals surface area contributed by atoms with Gasteiger partial charge in [-0.1, -0.05) is 24.3 Å². The van der Waals surface area contributed by atoms with Crippen molar-refractivity contribution < 1.29 is 4.74 Å². The SMILES string of the molecule is COc1ccc2cccc(Cc3nccs3)c2c1. The highest BCUT2D eigenvalue weighted by Crippen LogP contribution is 2.26. The first kappa shape index (κ1) is 11.2. The lowest BCUT2D eigenvalue weighted by molar-refractivity contribution is 0.415. The van der Waals surface area contributed by atoms with E-state index in [1.807, 2.05) is 17.6 Å². The molecule has 0 radical (unpaired) electrons. The summed E-state index contributed by atoms with van der Waals surface area (Å²) >= 11 is 1.69. The molecule has 0 N–H and O–H groups in total. The van der Waals surface area contributed by atoms with Crippen molar-refractivity contribution in [3.63, 3.8) is 0 Å². The van der Waals surface area contributed by atoms with Gasteiger partial charge in [-0.25, -0.2) is 4.98 Å². The number of nitrogens with zero attached hydrogens (tertiary/aromatic N) is 1. The van der Waals surface area contributed by atoms with Gasteiger partial charge >= 0.3 is 0 Å². The fourth-order valence-electron chi connectivity index (χ4n) is 2.10. The summed E-state index contributed by atoms with van der Waals surface area (Å²) in [6.45, 7) is 0. The average molecular weight is 255 g/mol. The summed E-state index contributed by atoms with van der Waals surface area (Å²) in [4.78, 5) is 4.35. The van der Waals surface area contributed by atoms with E-state index in [2.05, 4.69) is 35.3 Å². The molecule has 0 aliphatic heterocycles. The molecule has 90 valence electrons. The first-order chi connectivity index (χ1) is 8.86. The molecule has 0 unspecified atom stereocenters. The maximum absolute atomic E-state index is 5.30. The lowest BCUT2D eigenvalue weighted by Crippen LogP contribution is -1.90. The summed E-state index contributed by atoms with van der Waals surface area (Å²) in [7, 11) is 1.70. The minimum atomic E-state index is 0.877. The molecule has 0 amide bonds. The molecule has 0 atom stereocenters. The fraction of sp³-hybridized carbons (Fsp3) is 0.133. The Morgan fingerprint density at radius 3 is 2.94 bits per heavy atom. The molecule has 1 heterocycles. The van der Waals surface area contributed by atoms with Crippen LogP contribution in [0.5, 0.6) is 5.75 Å². The van der Waals surface area contributed by atoms with Gasteiger partial charge < -0.3 is 4.74 Å². The van der Waals surface area contributed by atoms with Gasteiger partial charge in [0, 0.05) is 18.0 Å². The molecule has 0 saturated carbocycles. The van der Waals surface area contributed by atoms with Crippen molar-refractivity contribution in [1.29, 1.82) is 0 Å². The van der Waals surface area contributed by atoms with E-state index in [4.69, 9.17) is 4.74 Å². The number of hydrogen-bond donors (Lipinski definition) is 0. The predicted molar refractivity (Wildman–Crippen MR) is 75.4 cm³/mol. The molecule has 0 aliphatic carbocycles. The number of ether oxygens (including phenoxy) is 1. The minimum absolute atomic E-state index is 0.877. The molecule has 0 aliphatic rings. The van der Waals surface area contributed by atoms with E-state index >= 15 is 0 Å². The number of rotatable bonds is 3. The van der Waals surface area contributed by atoms with Gasteiger partial charge in [0.1, 0.15) is 5.75 Å². The Morgan fingerprint density at radius 2 is 2.17 bits per heavy atom. The van der Waals surface area contributed by atoms with Gasteiger partial charge in [0.05, 0.1) is 12.1 Å². The third-order valence-corrected chi connectivity index (χ3v) is 3.78. The van der Waals surface area contributed by atoms with Crippen LogP contribution in [0.4, 0.5) is 0 Å². The van der Waals surface area contributed by atoms with Crippen LogP contribution in [-0.2, 0) is 6.42 Å². The van der Waals surface area contributed by atoms with E-state index in [0.29, 0.717) is 0 Å². The van der Waals surface area contributed by atoms with Crippen LogP contribution in [0.25, 0.3) is 10.8 Å². The number of thiazole rings is 1.